The van der Waals surface area contributed by atoms with Gasteiger partial charge in [0.1, 0.15) is 6.04 Å². The van der Waals surface area contributed by atoms with Crippen molar-refractivity contribution in [1.29, 1.82) is 0 Å². The topological polar surface area (TPSA) is 20.3 Å². The molecule has 1 heterocycles. The lowest BCUT2D eigenvalue weighted by Crippen LogP contribution is -2.51. The van der Waals surface area contributed by atoms with Crippen LogP contribution in [0.2, 0.25) is 0 Å². The van der Waals surface area contributed by atoms with Crippen LogP contribution in [0.25, 0.3) is 0 Å². The lowest BCUT2D eigenvalue weighted by atomic mass is 10.0. The zero-order valence-corrected chi connectivity index (χ0v) is 7.40. The summed E-state index contributed by atoms with van der Waals surface area (Å²) in [5, 5.41) is 0. The number of alkyl halides is 3. The van der Waals surface area contributed by atoms with E-state index >= 15 is 0 Å². The van der Waals surface area contributed by atoms with Crippen molar-refractivity contribution in [3.05, 3.63) is 0 Å². The van der Waals surface area contributed by atoms with Crippen LogP contribution in [0, 0.1) is 0 Å². The zero-order chi connectivity index (χ0) is 10.1. The van der Waals surface area contributed by atoms with Gasteiger partial charge in [-0.3, -0.25) is 4.79 Å². The first-order chi connectivity index (χ1) is 5.96. The van der Waals surface area contributed by atoms with Crippen LogP contribution in [0.1, 0.15) is 26.2 Å². The van der Waals surface area contributed by atoms with Gasteiger partial charge in [0.05, 0.1) is 0 Å². The van der Waals surface area contributed by atoms with E-state index in [0.717, 1.165) is 4.90 Å². The highest BCUT2D eigenvalue weighted by atomic mass is 19.4. The molecule has 1 aliphatic heterocycles. The Bertz CT molecular complexity index is 202. The Hall–Kier alpha value is -0.740. The van der Waals surface area contributed by atoms with Crippen molar-refractivity contribution in [2.75, 3.05) is 6.54 Å². The highest BCUT2D eigenvalue weighted by molar-refractivity contribution is 5.77. The molecule has 1 fully saturated rings. The summed E-state index contributed by atoms with van der Waals surface area (Å²) in [6, 6.07) is -1.56. The molecule has 76 valence electrons. The lowest BCUT2D eigenvalue weighted by Gasteiger charge is -2.35. The number of piperidine rings is 1. The number of rotatable bonds is 1. The Morgan fingerprint density at radius 1 is 1.54 bits per heavy atom. The van der Waals surface area contributed by atoms with Gasteiger partial charge in [0.2, 0.25) is 5.91 Å². The highest BCUT2D eigenvalue weighted by Crippen LogP contribution is 2.31. The molecule has 0 aromatic carbocycles. The standard InChI is InChI=1S/C8H12F3NO/c1-2-12-6(8(9,10)11)4-3-5-7(12)13/h6H,2-5H2,1H3. The Balaban J connectivity index is 2.76. The van der Waals surface area contributed by atoms with Crippen molar-refractivity contribution in [3.63, 3.8) is 0 Å². The van der Waals surface area contributed by atoms with Crippen molar-refractivity contribution in [2.45, 2.75) is 38.4 Å². The second-order valence-electron chi connectivity index (χ2n) is 3.13. The summed E-state index contributed by atoms with van der Waals surface area (Å²) in [6.07, 6.45) is -3.63. The Morgan fingerprint density at radius 2 is 2.15 bits per heavy atom. The third-order valence-electron chi connectivity index (χ3n) is 2.28. The Morgan fingerprint density at radius 3 is 2.54 bits per heavy atom. The molecule has 0 N–H and O–H groups in total. The molecule has 0 saturated carbocycles. The van der Waals surface area contributed by atoms with Gasteiger partial charge in [-0.1, -0.05) is 0 Å². The van der Waals surface area contributed by atoms with Crippen LogP contribution in [0.3, 0.4) is 0 Å². The Kier molecular flexibility index (Phi) is 2.83. The molecule has 1 saturated heterocycles. The van der Waals surface area contributed by atoms with E-state index in [9.17, 15) is 18.0 Å². The number of halogens is 3. The monoisotopic (exact) mass is 195 g/mol. The number of amides is 1. The molecule has 13 heavy (non-hydrogen) atoms. The van der Waals surface area contributed by atoms with E-state index in [-0.39, 0.29) is 25.3 Å². The molecule has 2 nitrogen and oxygen atoms in total. The summed E-state index contributed by atoms with van der Waals surface area (Å²) in [7, 11) is 0. The maximum Gasteiger partial charge on any atom is 0.408 e. The molecule has 0 radical (unpaired) electrons. The van der Waals surface area contributed by atoms with Crippen LogP contribution in [0.15, 0.2) is 0 Å². The van der Waals surface area contributed by atoms with Crippen LogP contribution < -0.4 is 0 Å². The predicted octanol–water partition coefficient (Wildman–Crippen LogP) is 1.95. The second-order valence-corrected chi connectivity index (χ2v) is 3.13. The third-order valence-corrected chi connectivity index (χ3v) is 2.28. The molecule has 0 spiro atoms. The van der Waals surface area contributed by atoms with Crippen molar-refractivity contribution >= 4 is 5.91 Å². The minimum absolute atomic E-state index is 0.0447. The van der Waals surface area contributed by atoms with E-state index in [1.54, 1.807) is 6.92 Å². The van der Waals surface area contributed by atoms with Gasteiger partial charge in [-0.25, -0.2) is 0 Å². The molecule has 0 bridgehead atoms. The molecule has 1 atom stereocenters. The molecule has 1 amide bonds. The van der Waals surface area contributed by atoms with Gasteiger partial charge in [-0.05, 0) is 19.8 Å². The third kappa shape index (κ3) is 2.14. The van der Waals surface area contributed by atoms with E-state index in [1.807, 2.05) is 0 Å². The van der Waals surface area contributed by atoms with Crippen molar-refractivity contribution in [3.8, 4) is 0 Å². The first-order valence-corrected chi connectivity index (χ1v) is 4.33. The number of hydrogen-bond acceptors (Lipinski definition) is 1. The fourth-order valence-corrected chi connectivity index (χ4v) is 1.66. The smallest absolute Gasteiger partial charge is 0.331 e. The van der Waals surface area contributed by atoms with Crippen molar-refractivity contribution in [2.24, 2.45) is 0 Å². The van der Waals surface area contributed by atoms with Gasteiger partial charge in [-0.2, -0.15) is 13.2 Å². The summed E-state index contributed by atoms with van der Waals surface area (Å²) in [5.74, 6) is -0.379. The largest absolute Gasteiger partial charge is 0.408 e. The van der Waals surface area contributed by atoms with Crippen molar-refractivity contribution in [1.82, 2.24) is 4.90 Å². The SMILES string of the molecule is CCN1C(=O)CCCC1C(F)(F)F. The molecular weight excluding hydrogens is 183 g/mol. The Labute approximate surface area is 74.7 Å². The highest BCUT2D eigenvalue weighted by Gasteiger charge is 2.46. The molecule has 0 aliphatic carbocycles. The van der Waals surface area contributed by atoms with Gasteiger partial charge in [0.15, 0.2) is 0 Å². The van der Waals surface area contributed by atoms with E-state index in [4.69, 9.17) is 0 Å². The molecule has 0 aromatic heterocycles. The minimum atomic E-state index is -4.27. The van der Waals surface area contributed by atoms with Crippen LogP contribution in [-0.2, 0) is 4.79 Å². The van der Waals surface area contributed by atoms with E-state index in [1.165, 1.54) is 0 Å². The molecule has 1 aliphatic rings. The zero-order valence-electron chi connectivity index (χ0n) is 7.40. The van der Waals surface area contributed by atoms with Crippen LogP contribution in [0.4, 0.5) is 13.2 Å². The molecule has 1 unspecified atom stereocenters. The maximum absolute atomic E-state index is 12.4. The van der Waals surface area contributed by atoms with E-state index < -0.39 is 12.2 Å². The average molecular weight is 195 g/mol. The summed E-state index contributed by atoms with van der Waals surface area (Å²) < 4.78 is 37.1. The number of likely N-dealkylation sites (tertiary alicyclic amines) is 1. The molecule has 1 rings (SSSR count). The van der Waals surface area contributed by atoms with Gasteiger partial charge < -0.3 is 4.90 Å². The van der Waals surface area contributed by atoms with Gasteiger partial charge in [0, 0.05) is 13.0 Å². The summed E-state index contributed by atoms with van der Waals surface area (Å²) in [6.45, 7) is 1.71. The van der Waals surface area contributed by atoms with Gasteiger partial charge in [0.25, 0.3) is 0 Å². The predicted molar refractivity (Wildman–Crippen MR) is 41.1 cm³/mol. The lowest BCUT2D eigenvalue weighted by molar-refractivity contribution is -0.195. The van der Waals surface area contributed by atoms with Crippen LogP contribution in [-0.4, -0.2) is 29.6 Å². The van der Waals surface area contributed by atoms with Crippen LogP contribution >= 0.6 is 0 Å². The number of hydrogen-bond donors (Lipinski definition) is 0. The minimum Gasteiger partial charge on any atom is -0.331 e. The van der Waals surface area contributed by atoms with Crippen molar-refractivity contribution < 1.29 is 18.0 Å². The number of nitrogens with zero attached hydrogens (tertiary/aromatic N) is 1. The number of carbonyl (C=O) groups is 1. The normalized spacial score (nSPS) is 25.1. The van der Waals surface area contributed by atoms with Gasteiger partial charge in [-0.15, -0.1) is 0 Å². The fourth-order valence-electron chi connectivity index (χ4n) is 1.66. The van der Waals surface area contributed by atoms with Gasteiger partial charge >= 0.3 is 6.18 Å². The van der Waals surface area contributed by atoms with E-state index in [0.29, 0.717) is 6.42 Å². The average Bonchev–Trinajstić information content (AvgIpc) is 2.02. The maximum atomic E-state index is 12.4. The quantitative estimate of drug-likeness (QED) is 0.626. The number of carbonyl (C=O) groups excluding carboxylic acids is 1. The fraction of sp³-hybridized carbons (Fsp3) is 0.875. The van der Waals surface area contributed by atoms with Crippen LogP contribution in [0.5, 0.6) is 0 Å². The summed E-state index contributed by atoms with van der Waals surface area (Å²) in [4.78, 5) is 12.0. The second kappa shape index (κ2) is 3.55. The summed E-state index contributed by atoms with van der Waals surface area (Å²) in [5.41, 5.74) is 0. The first-order valence-electron chi connectivity index (χ1n) is 4.33. The first kappa shape index (κ1) is 10.3. The summed E-state index contributed by atoms with van der Waals surface area (Å²) >= 11 is 0. The molecular formula is C8H12F3NO. The van der Waals surface area contributed by atoms with E-state index in [2.05, 4.69) is 0 Å². The molecule has 5 heteroatoms. The molecule has 0 aromatic rings.